The fourth-order valence-corrected chi connectivity index (χ4v) is 2.29. The highest BCUT2D eigenvalue weighted by atomic mass is 16.6. The molecule has 0 aromatic heterocycles. The fraction of sp³-hybridized carbons (Fsp3) is 0.167. The summed E-state index contributed by atoms with van der Waals surface area (Å²) in [5.74, 6) is 0.162. The van der Waals surface area contributed by atoms with E-state index in [1.54, 1.807) is 12.1 Å². The number of methoxy groups -OCH3 is 1. The van der Waals surface area contributed by atoms with E-state index in [2.05, 4.69) is 0 Å². The monoisotopic (exact) mass is 311 g/mol. The van der Waals surface area contributed by atoms with Gasteiger partial charge in [-0.2, -0.15) is 0 Å². The molecular formula is C18H17NO4. The molecule has 0 N–H and O–H groups in total. The number of Topliss-reactive ketones (excluding diaryl/α,β-unsaturated/α-hetero) is 1. The number of aryl methyl sites for hydroxylation is 1. The predicted molar refractivity (Wildman–Crippen MR) is 89.4 cm³/mol. The van der Waals surface area contributed by atoms with Gasteiger partial charge < -0.3 is 4.74 Å². The molecule has 0 atom stereocenters. The van der Waals surface area contributed by atoms with Crippen molar-refractivity contribution < 1.29 is 14.5 Å². The van der Waals surface area contributed by atoms with Crippen LogP contribution in [0, 0.1) is 17.0 Å². The molecule has 0 saturated carbocycles. The molecular weight excluding hydrogens is 294 g/mol. The van der Waals surface area contributed by atoms with Gasteiger partial charge in [0.25, 0.3) is 5.69 Å². The SMILES string of the molecule is COc1cc([N+](=O)[O-])ccc1/C(=C/c1ccccc1C)C(C)=O. The first-order chi connectivity index (χ1) is 10.9. The van der Waals surface area contributed by atoms with E-state index in [1.165, 1.54) is 26.2 Å². The second kappa shape index (κ2) is 6.87. The summed E-state index contributed by atoms with van der Waals surface area (Å²) in [6, 6.07) is 11.9. The zero-order valence-electron chi connectivity index (χ0n) is 13.2. The van der Waals surface area contributed by atoms with E-state index in [4.69, 9.17) is 4.74 Å². The summed E-state index contributed by atoms with van der Waals surface area (Å²) in [4.78, 5) is 22.5. The third-order valence-corrected chi connectivity index (χ3v) is 3.55. The van der Waals surface area contributed by atoms with Crippen molar-refractivity contribution in [3.05, 3.63) is 69.3 Å². The molecule has 2 aromatic rings. The average molecular weight is 311 g/mol. The first-order valence-corrected chi connectivity index (χ1v) is 7.05. The second-order valence-electron chi connectivity index (χ2n) is 5.11. The minimum Gasteiger partial charge on any atom is -0.496 e. The van der Waals surface area contributed by atoms with Crippen LogP contribution in [0.3, 0.4) is 0 Å². The van der Waals surface area contributed by atoms with Crippen LogP contribution in [0.5, 0.6) is 5.75 Å². The van der Waals surface area contributed by atoms with Crippen molar-refractivity contribution in [2.75, 3.05) is 7.11 Å². The number of rotatable bonds is 5. The third kappa shape index (κ3) is 3.63. The molecule has 2 rings (SSSR count). The summed E-state index contributed by atoms with van der Waals surface area (Å²) in [7, 11) is 1.42. The van der Waals surface area contributed by atoms with Crippen molar-refractivity contribution in [3.8, 4) is 5.75 Å². The number of carbonyl (C=O) groups excluding carboxylic acids is 1. The van der Waals surface area contributed by atoms with Crippen molar-refractivity contribution in [2.45, 2.75) is 13.8 Å². The summed E-state index contributed by atoms with van der Waals surface area (Å²) in [5, 5.41) is 10.9. The Balaban J connectivity index is 2.61. The number of hydrogen-bond donors (Lipinski definition) is 0. The summed E-state index contributed by atoms with van der Waals surface area (Å²) in [6.07, 6.45) is 1.78. The van der Waals surface area contributed by atoms with Crippen molar-refractivity contribution >= 4 is 23.1 Å². The van der Waals surface area contributed by atoms with Crippen LogP contribution >= 0.6 is 0 Å². The number of non-ortho nitro benzene ring substituents is 1. The number of hydrogen-bond acceptors (Lipinski definition) is 4. The fourth-order valence-electron chi connectivity index (χ4n) is 2.29. The van der Waals surface area contributed by atoms with Gasteiger partial charge in [-0.25, -0.2) is 0 Å². The summed E-state index contributed by atoms with van der Waals surface area (Å²) in [5.41, 5.74) is 2.86. The largest absolute Gasteiger partial charge is 0.496 e. The van der Waals surface area contributed by atoms with E-state index in [0.29, 0.717) is 16.9 Å². The Kier molecular flexibility index (Phi) is 4.91. The Morgan fingerprint density at radius 2 is 1.91 bits per heavy atom. The Morgan fingerprint density at radius 3 is 2.48 bits per heavy atom. The third-order valence-electron chi connectivity index (χ3n) is 3.55. The highest BCUT2D eigenvalue weighted by Gasteiger charge is 2.17. The highest BCUT2D eigenvalue weighted by molar-refractivity contribution is 6.25. The van der Waals surface area contributed by atoms with E-state index >= 15 is 0 Å². The maximum atomic E-state index is 12.1. The Labute approximate surface area is 134 Å². The lowest BCUT2D eigenvalue weighted by Crippen LogP contribution is -2.00. The maximum absolute atomic E-state index is 12.1. The van der Waals surface area contributed by atoms with Gasteiger partial charge in [0.05, 0.1) is 18.1 Å². The van der Waals surface area contributed by atoms with Gasteiger partial charge in [-0.05, 0) is 37.1 Å². The van der Waals surface area contributed by atoms with E-state index in [-0.39, 0.29) is 11.5 Å². The van der Waals surface area contributed by atoms with Crippen LogP contribution < -0.4 is 4.74 Å². The standard InChI is InChI=1S/C18H17NO4/c1-12-6-4-5-7-14(12)10-17(13(2)20)16-9-8-15(19(21)22)11-18(16)23-3/h4-11H,1-3H3/b17-10+. The molecule has 0 saturated heterocycles. The first-order valence-electron chi connectivity index (χ1n) is 7.05. The molecule has 0 radical (unpaired) electrons. The molecule has 0 bridgehead atoms. The van der Waals surface area contributed by atoms with Crippen LogP contribution in [0.2, 0.25) is 0 Å². The minimum atomic E-state index is -0.495. The second-order valence-corrected chi connectivity index (χ2v) is 5.11. The van der Waals surface area contributed by atoms with Crippen molar-refractivity contribution in [1.82, 2.24) is 0 Å². The van der Waals surface area contributed by atoms with Crippen LogP contribution in [0.4, 0.5) is 5.69 Å². The van der Waals surface area contributed by atoms with Gasteiger partial charge in [0, 0.05) is 17.2 Å². The molecule has 0 spiro atoms. The number of nitro groups is 1. The number of ketones is 1. The topological polar surface area (TPSA) is 69.4 Å². The molecule has 0 aliphatic heterocycles. The zero-order valence-corrected chi connectivity index (χ0v) is 13.2. The van der Waals surface area contributed by atoms with Crippen LogP contribution in [-0.2, 0) is 4.79 Å². The smallest absolute Gasteiger partial charge is 0.273 e. The van der Waals surface area contributed by atoms with Crippen molar-refractivity contribution in [1.29, 1.82) is 0 Å². The van der Waals surface area contributed by atoms with Gasteiger partial charge in [-0.1, -0.05) is 24.3 Å². The number of ether oxygens (including phenoxy) is 1. The molecule has 5 heteroatoms. The molecule has 0 unspecified atom stereocenters. The van der Waals surface area contributed by atoms with Crippen LogP contribution in [0.1, 0.15) is 23.6 Å². The summed E-state index contributed by atoms with van der Waals surface area (Å²) < 4.78 is 5.24. The molecule has 0 aliphatic rings. The molecule has 5 nitrogen and oxygen atoms in total. The number of benzene rings is 2. The lowest BCUT2D eigenvalue weighted by Gasteiger charge is -2.11. The Bertz CT molecular complexity index is 793. The number of carbonyl (C=O) groups is 1. The molecule has 23 heavy (non-hydrogen) atoms. The number of nitrogens with zero attached hydrogens (tertiary/aromatic N) is 1. The quantitative estimate of drug-likeness (QED) is 0.361. The van der Waals surface area contributed by atoms with Crippen molar-refractivity contribution in [3.63, 3.8) is 0 Å². The highest BCUT2D eigenvalue weighted by Crippen LogP contribution is 2.32. The lowest BCUT2D eigenvalue weighted by atomic mass is 9.97. The van der Waals surface area contributed by atoms with E-state index in [9.17, 15) is 14.9 Å². The van der Waals surface area contributed by atoms with E-state index in [1.807, 2.05) is 31.2 Å². The van der Waals surface area contributed by atoms with Gasteiger partial charge in [-0.15, -0.1) is 0 Å². The molecule has 118 valence electrons. The molecule has 0 amide bonds. The molecule has 0 heterocycles. The van der Waals surface area contributed by atoms with E-state index < -0.39 is 4.92 Å². The van der Waals surface area contributed by atoms with Crippen LogP contribution in [0.25, 0.3) is 11.6 Å². The van der Waals surface area contributed by atoms with Crippen LogP contribution in [-0.4, -0.2) is 17.8 Å². The molecule has 0 aliphatic carbocycles. The molecule has 0 fully saturated rings. The Morgan fingerprint density at radius 1 is 1.22 bits per heavy atom. The lowest BCUT2D eigenvalue weighted by molar-refractivity contribution is -0.384. The Hall–Kier alpha value is -2.95. The maximum Gasteiger partial charge on any atom is 0.273 e. The molecule has 2 aromatic carbocycles. The van der Waals surface area contributed by atoms with Gasteiger partial charge in [-0.3, -0.25) is 14.9 Å². The number of nitro benzene ring substituents is 1. The first kappa shape index (κ1) is 16.4. The van der Waals surface area contributed by atoms with Gasteiger partial charge in [0.2, 0.25) is 0 Å². The predicted octanol–water partition coefficient (Wildman–Crippen LogP) is 4.04. The minimum absolute atomic E-state index is 0.0793. The van der Waals surface area contributed by atoms with Gasteiger partial charge in [0.15, 0.2) is 5.78 Å². The summed E-state index contributed by atoms with van der Waals surface area (Å²) >= 11 is 0. The normalized spacial score (nSPS) is 11.2. The van der Waals surface area contributed by atoms with E-state index in [0.717, 1.165) is 11.1 Å². The van der Waals surface area contributed by atoms with Gasteiger partial charge in [0.1, 0.15) is 5.75 Å². The van der Waals surface area contributed by atoms with Crippen LogP contribution in [0.15, 0.2) is 42.5 Å². The number of allylic oxidation sites excluding steroid dienone is 1. The average Bonchev–Trinajstić information content (AvgIpc) is 2.53. The summed E-state index contributed by atoms with van der Waals surface area (Å²) in [6.45, 7) is 3.42. The van der Waals surface area contributed by atoms with Gasteiger partial charge >= 0.3 is 0 Å². The van der Waals surface area contributed by atoms with Crippen molar-refractivity contribution in [2.24, 2.45) is 0 Å². The zero-order chi connectivity index (χ0) is 17.0.